The van der Waals surface area contributed by atoms with Gasteiger partial charge >= 0.3 is 0 Å². The highest BCUT2D eigenvalue weighted by Gasteiger charge is 2.18. The van der Waals surface area contributed by atoms with Crippen LogP contribution in [0.1, 0.15) is 31.0 Å². The standard InChI is InChI=1S/C16H18BrNO2S/c1-3-13-4-10-16(11-5-13)21(19,20)18-12(2)14-6-8-15(17)9-7-14/h4-12,18H,3H2,1-2H3/t12-/m1/s1. The fraction of sp³-hybridized carbons (Fsp3) is 0.250. The van der Waals surface area contributed by atoms with Crippen LogP contribution in [0, 0.1) is 0 Å². The molecule has 0 aliphatic heterocycles. The zero-order valence-corrected chi connectivity index (χ0v) is 14.4. The van der Waals surface area contributed by atoms with Gasteiger partial charge in [-0.05, 0) is 48.7 Å². The SMILES string of the molecule is CCc1ccc(S(=O)(=O)N[C@H](C)c2ccc(Br)cc2)cc1. The van der Waals surface area contributed by atoms with E-state index in [9.17, 15) is 8.42 Å². The Morgan fingerprint density at radius 1 is 1.05 bits per heavy atom. The largest absolute Gasteiger partial charge is 0.241 e. The molecule has 0 unspecified atom stereocenters. The van der Waals surface area contributed by atoms with Crippen LogP contribution < -0.4 is 4.72 Å². The molecule has 21 heavy (non-hydrogen) atoms. The minimum Gasteiger partial charge on any atom is -0.207 e. The molecule has 0 amide bonds. The molecule has 2 aromatic rings. The number of aryl methyl sites for hydroxylation is 1. The minimum atomic E-state index is -3.50. The summed E-state index contributed by atoms with van der Waals surface area (Å²) >= 11 is 3.37. The minimum absolute atomic E-state index is 0.283. The Labute approximate surface area is 134 Å². The Bertz CT molecular complexity index is 694. The van der Waals surface area contributed by atoms with E-state index in [0.29, 0.717) is 4.90 Å². The highest BCUT2D eigenvalue weighted by atomic mass is 79.9. The summed E-state index contributed by atoms with van der Waals surface area (Å²) < 4.78 is 28.4. The molecule has 1 N–H and O–H groups in total. The van der Waals surface area contributed by atoms with Crippen LogP contribution in [0.2, 0.25) is 0 Å². The number of hydrogen-bond acceptors (Lipinski definition) is 2. The van der Waals surface area contributed by atoms with Gasteiger partial charge in [0.25, 0.3) is 0 Å². The molecule has 0 spiro atoms. The van der Waals surface area contributed by atoms with E-state index < -0.39 is 10.0 Å². The number of sulfonamides is 1. The third kappa shape index (κ3) is 4.15. The van der Waals surface area contributed by atoms with Gasteiger partial charge in [0.05, 0.1) is 4.90 Å². The van der Waals surface area contributed by atoms with Crippen molar-refractivity contribution in [2.24, 2.45) is 0 Å². The van der Waals surface area contributed by atoms with Gasteiger partial charge < -0.3 is 0 Å². The third-order valence-electron chi connectivity index (χ3n) is 3.34. The van der Waals surface area contributed by atoms with E-state index in [1.807, 2.05) is 50.2 Å². The van der Waals surface area contributed by atoms with Crippen LogP contribution in [0.15, 0.2) is 57.9 Å². The first-order chi connectivity index (χ1) is 9.92. The molecule has 2 aromatic carbocycles. The topological polar surface area (TPSA) is 46.2 Å². The lowest BCUT2D eigenvalue weighted by molar-refractivity contribution is 0.567. The maximum atomic E-state index is 12.4. The molecule has 0 aliphatic carbocycles. The number of nitrogens with one attached hydrogen (secondary N) is 1. The van der Waals surface area contributed by atoms with Gasteiger partial charge in [-0.1, -0.05) is 47.1 Å². The monoisotopic (exact) mass is 367 g/mol. The first-order valence-electron chi connectivity index (χ1n) is 6.79. The van der Waals surface area contributed by atoms with E-state index in [2.05, 4.69) is 20.7 Å². The van der Waals surface area contributed by atoms with E-state index in [1.54, 1.807) is 12.1 Å². The van der Waals surface area contributed by atoms with Gasteiger partial charge in [0.1, 0.15) is 0 Å². The van der Waals surface area contributed by atoms with Gasteiger partial charge in [-0.3, -0.25) is 0 Å². The Hall–Kier alpha value is -1.17. The van der Waals surface area contributed by atoms with E-state index in [0.717, 1.165) is 22.0 Å². The Morgan fingerprint density at radius 3 is 2.14 bits per heavy atom. The lowest BCUT2D eigenvalue weighted by Crippen LogP contribution is -2.26. The predicted molar refractivity (Wildman–Crippen MR) is 88.7 cm³/mol. The first-order valence-corrected chi connectivity index (χ1v) is 9.06. The summed E-state index contributed by atoms with van der Waals surface area (Å²) in [6.07, 6.45) is 0.892. The van der Waals surface area contributed by atoms with Gasteiger partial charge in [-0.25, -0.2) is 13.1 Å². The van der Waals surface area contributed by atoms with Crippen LogP contribution in [0.3, 0.4) is 0 Å². The molecule has 0 heterocycles. The van der Waals surface area contributed by atoms with Crippen LogP contribution >= 0.6 is 15.9 Å². The normalized spacial score (nSPS) is 13.1. The zero-order valence-electron chi connectivity index (χ0n) is 12.0. The van der Waals surface area contributed by atoms with Crippen molar-refractivity contribution >= 4 is 26.0 Å². The van der Waals surface area contributed by atoms with Crippen molar-refractivity contribution in [3.8, 4) is 0 Å². The molecule has 3 nitrogen and oxygen atoms in total. The maximum absolute atomic E-state index is 12.4. The van der Waals surface area contributed by atoms with Gasteiger partial charge in [-0.2, -0.15) is 0 Å². The van der Waals surface area contributed by atoms with E-state index >= 15 is 0 Å². The average molecular weight is 368 g/mol. The summed E-state index contributed by atoms with van der Waals surface area (Å²) in [5.74, 6) is 0. The lowest BCUT2D eigenvalue weighted by atomic mass is 10.1. The molecule has 0 fully saturated rings. The molecule has 0 aliphatic rings. The van der Waals surface area contributed by atoms with Crippen molar-refractivity contribution in [1.82, 2.24) is 4.72 Å². The molecule has 0 saturated carbocycles. The van der Waals surface area contributed by atoms with Crippen LogP contribution in [0.4, 0.5) is 0 Å². The molecule has 0 radical (unpaired) electrons. The van der Waals surface area contributed by atoms with Crippen LogP contribution in [-0.4, -0.2) is 8.42 Å². The molecule has 0 aromatic heterocycles. The van der Waals surface area contributed by atoms with Crippen LogP contribution in [-0.2, 0) is 16.4 Å². The van der Waals surface area contributed by atoms with Gasteiger partial charge in [0, 0.05) is 10.5 Å². The van der Waals surface area contributed by atoms with Crippen LogP contribution in [0.25, 0.3) is 0 Å². The maximum Gasteiger partial charge on any atom is 0.241 e. The molecule has 2 rings (SSSR count). The lowest BCUT2D eigenvalue weighted by Gasteiger charge is -2.15. The fourth-order valence-corrected chi connectivity index (χ4v) is 3.52. The summed E-state index contributed by atoms with van der Waals surface area (Å²) in [5, 5.41) is 0. The molecular weight excluding hydrogens is 350 g/mol. The second-order valence-corrected chi connectivity index (χ2v) is 7.52. The number of benzene rings is 2. The molecule has 1 atom stereocenters. The Kier molecular flexibility index (Phi) is 5.19. The number of halogens is 1. The molecular formula is C16H18BrNO2S. The average Bonchev–Trinajstić information content (AvgIpc) is 2.47. The Morgan fingerprint density at radius 2 is 1.62 bits per heavy atom. The van der Waals surface area contributed by atoms with Crippen molar-refractivity contribution in [2.75, 3.05) is 0 Å². The molecule has 0 saturated heterocycles. The summed E-state index contributed by atoms with van der Waals surface area (Å²) in [7, 11) is -3.50. The van der Waals surface area contributed by atoms with E-state index in [-0.39, 0.29) is 6.04 Å². The van der Waals surface area contributed by atoms with Crippen molar-refractivity contribution in [2.45, 2.75) is 31.2 Å². The summed E-state index contributed by atoms with van der Waals surface area (Å²) in [6, 6.07) is 14.3. The van der Waals surface area contributed by atoms with E-state index in [4.69, 9.17) is 0 Å². The van der Waals surface area contributed by atoms with Gasteiger partial charge in [0.2, 0.25) is 10.0 Å². The highest BCUT2D eigenvalue weighted by molar-refractivity contribution is 9.10. The number of hydrogen-bond donors (Lipinski definition) is 1. The second kappa shape index (κ2) is 6.73. The molecule has 0 bridgehead atoms. The summed E-state index contributed by atoms with van der Waals surface area (Å²) in [4.78, 5) is 0.295. The summed E-state index contributed by atoms with van der Waals surface area (Å²) in [6.45, 7) is 3.87. The van der Waals surface area contributed by atoms with Crippen LogP contribution in [0.5, 0.6) is 0 Å². The van der Waals surface area contributed by atoms with Gasteiger partial charge in [0.15, 0.2) is 0 Å². The van der Waals surface area contributed by atoms with E-state index in [1.165, 1.54) is 0 Å². The smallest absolute Gasteiger partial charge is 0.207 e. The highest BCUT2D eigenvalue weighted by Crippen LogP contribution is 2.19. The second-order valence-electron chi connectivity index (χ2n) is 4.89. The van der Waals surface area contributed by atoms with Crippen molar-refractivity contribution in [1.29, 1.82) is 0 Å². The molecule has 112 valence electrons. The van der Waals surface area contributed by atoms with Gasteiger partial charge in [-0.15, -0.1) is 0 Å². The zero-order chi connectivity index (χ0) is 15.5. The third-order valence-corrected chi connectivity index (χ3v) is 5.43. The van der Waals surface area contributed by atoms with Crippen molar-refractivity contribution in [3.05, 3.63) is 64.1 Å². The van der Waals surface area contributed by atoms with Crippen molar-refractivity contribution in [3.63, 3.8) is 0 Å². The summed E-state index contributed by atoms with van der Waals surface area (Å²) in [5.41, 5.74) is 2.04. The predicted octanol–water partition coefficient (Wildman–Crippen LogP) is 4.05. The Balaban J connectivity index is 2.17. The number of rotatable bonds is 5. The fourth-order valence-electron chi connectivity index (χ4n) is 2.02. The quantitative estimate of drug-likeness (QED) is 0.866. The molecule has 5 heteroatoms. The van der Waals surface area contributed by atoms with Crippen molar-refractivity contribution < 1.29 is 8.42 Å². The first kappa shape index (κ1) is 16.2.